The first-order chi connectivity index (χ1) is 15.7. The minimum Gasteiger partial charge on any atom is -0.507 e. The standard InChI is InChI=1S/C24H18ClF2NO5/c1-3-32-19-10-13(5-7-15(19)25)22(29)20-21(18-9-4-12(2)33-18)28(24(31)23(20)30)14-6-8-16(26)17(27)11-14/h4-11,21,29H,3H2,1-2H3/b22-20-. The van der Waals surface area contributed by atoms with Crippen LogP contribution in [0.1, 0.15) is 30.0 Å². The number of ketones is 1. The zero-order chi connectivity index (χ0) is 23.9. The maximum Gasteiger partial charge on any atom is 0.300 e. The van der Waals surface area contributed by atoms with Crippen LogP contribution >= 0.6 is 11.6 Å². The smallest absolute Gasteiger partial charge is 0.300 e. The lowest BCUT2D eigenvalue weighted by molar-refractivity contribution is -0.132. The van der Waals surface area contributed by atoms with Crippen molar-refractivity contribution in [1.82, 2.24) is 0 Å². The minimum atomic E-state index is -1.21. The predicted molar refractivity (Wildman–Crippen MR) is 117 cm³/mol. The van der Waals surface area contributed by atoms with E-state index in [0.717, 1.165) is 17.0 Å². The predicted octanol–water partition coefficient (Wildman–Crippen LogP) is 5.54. The molecule has 9 heteroatoms. The number of nitrogens with zero attached hydrogens (tertiary/aromatic N) is 1. The second-order valence-corrected chi connectivity index (χ2v) is 7.70. The Hall–Kier alpha value is -3.65. The third-order valence-electron chi connectivity index (χ3n) is 5.16. The Kier molecular flexibility index (Phi) is 5.95. The average Bonchev–Trinajstić information content (AvgIpc) is 3.32. The van der Waals surface area contributed by atoms with Crippen LogP contribution in [-0.2, 0) is 9.59 Å². The topological polar surface area (TPSA) is 80.0 Å². The van der Waals surface area contributed by atoms with Crippen LogP contribution in [0.3, 0.4) is 0 Å². The van der Waals surface area contributed by atoms with Gasteiger partial charge in [0.05, 0.1) is 17.2 Å². The fourth-order valence-corrected chi connectivity index (χ4v) is 3.85. The molecule has 1 saturated heterocycles. The molecule has 1 N–H and O–H groups in total. The van der Waals surface area contributed by atoms with Crippen LogP contribution in [0.15, 0.2) is 58.5 Å². The summed E-state index contributed by atoms with van der Waals surface area (Å²) in [5, 5.41) is 11.4. The number of carbonyl (C=O) groups is 2. The highest BCUT2D eigenvalue weighted by molar-refractivity contribution is 6.51. The monoisotopic (exact) mass is 473 g/mol. The largest absolute Gasteiger partial charge is 0.507 e. The first kappa shape index (κ1) is 22.5. The fourth-order valence-electron chi connectivity index (χ4n) is 3.68. The molecular weight excluding hydrogens is 456 g/mol. The van der Waals surface area contributed by atoms with E-state index < -0.39 is 35.1 Å². The Morgan fingerprint density at radius 2 is 1.88 bits per heavy atom. The van der Waals surface area contributed by atoms with Crippen LogP contribution in [-0.4, -0.2) is 23.4 Å². The van der Waals surface area contributed by atoms with Crippen molar-refractivity contribution in [1.29, 1.82) is 0 Å². The number of amides is 1. The Morgan fingerprint density at radius 3 is 2.52 bits per heavy atom. The van der Waals surface area contributed by atoms with Crippen molar-refractivity contribution in [2.24, 2.45) is 0 Å². The molecule has 1 aromatic heterocycles. The first-order valence-corrected chi connectivity index (χ1v) is 10.4. The maximum absolute atomic E-state index is 14.0. The Morgan fingerprint density at radius 1 is 1.12 bits per heavy atom. The summed E-state index contributed by atoms with van der Waals surface area (Å²) in [7, 11) is 0. The van der Waals surface area contributed by atoms with E-state index in [2.05, 4.69) is 0 Å². The number of rotatable bonds is 5. The molecule has 0 spiro atoms. The molecular formula is C24H18ClF2NO5. The normalized spacial score (nSPS) is 17.6. The van der Waals surface area contributed by atoms with E-state index in [1.807, 2.05) is 0 Å². The van der Waals surface area contributed by atoms with Gasteiger partial charge in [-0.1, -0.05) is 11.6 Å². The highest BCUT2D eigenvalue weighted by Gasteiger charge is 2.48. The number of benzene rings is 2. The summed E-state index contributed by atoms with van der Waals surface area (Å²) in [4.78, 5) is 27.0. The number of hydrogen-bond acceptors (Lipinski definition) is 5. The van der Waals surface area contributed by atoms with Crippen molar-refractivity contribution in [2.75, 3.05) is 11.5 Å². The van der Waals surface area contributed by atoms with Crippen LogP contribution in [0.25, 0.3) is 5.76 Å². The fraction of sp³-hybridized carbons (Fsp3) is 0.167. The van der Waals surface area contributed by atoms with E-state index in [4.69, 9.17) is 20.8 Å². The quantitative estimate of drug-likeness (QED) is 0.299. The van der Waals surface area contributed by atoms with Crippen LogP contribution in [0.4, 0.5) is 14.5 Å². The molecule has 0 saturated carbocycles. The Bertz CT molecular complexity index is 1300. The van der Waals surface area contributed by atoms with Crippen molar-refractivity contribution >= 4 is 34.7 Å². The summed E-state index contributed by atoms with van der Waals surface area (Å²) in [5.74, 6) is -3.89. The van der Waals surface area contributed by atoms with Crippen LogP contribution < -0.4 is 9.64 Å². The van der Waals surface area contributed by atoms with Crippen LogP contribution in [0, 0.1) is 18.6 Å². The Balaban J connectivity index is 1.92. The summed E-state index contributed by atoms with van der Waals surface area (Å²) < 4.78 is 38.6. The van der Waals surface area contributed by atoms with Gasteiger partial charge in [-0.15, -0.1) is 0 Å². The van der Waals surface area contributed by atoms with Gasteiger partial charge < -0.3 is 14.3 Å². The number of aryl methyl sites for hydroxylation is 1. The van der Waals surface area contributed by atoms with Gasteiger partial charge in [-0.25, -0.2) is 8.78 Å². The number of aliphatic hydroxyl groups excluding tert-OH is 1. The van der Waals surface area contributed by atoms with Crippen LogP contribution in [0.2, 0.25) is 5.02 Å². The van der Waals surface area contributed by atoms with Gasteiger partial charge in [0.2, 0.25) is 0 Å². The number of aliphatic hydroxyl groups is 1. The molecule has 1 aliphatic rings. The molecule has 0 radical (unpaired) electrons. The summed E-state index contributed by atoms with van der Waals surface area (Å²) in [6, 6.07) is 9.17. The molecule has 2 aromatic carbocycles. The van der Waals surface area contributed by atoms with Gasteiger partial charge in [-0.3, -0.25) is 14.5 Å². The van der Waals surface area contributed by atoms with Gasteiger partial charge in [-0.2, -0.15) is 0 Å². The highest BCUT2D eigenvalue weighted by atomic mass is 35.5. The second kappa shape index (κ2) is 8.71. The molecule has 1 atom stereocenters. The molecule has 1 unspecified atom stereocenters. The van der Waals surface area contributed by atoms with E-state index in [9.17, 15) is 23.5 Å². The van der Waals surface area contributed by atoms with E-state index in [1.54, 1.807) is 26.0 Å². The van der Waals surface area contributed by atoms with Crippen molar-refractivity contribution in [3.8, 4) is 5.75 Å². The van der Waals surface area contributed by atoms with Crippen molar-refractivity contribution in [3.05, 3.63) is 87.8 Å². The summed E-state index contributed by atoms with van der Waals surface area (Å²) in [6.45, 7) is 3.74. The van der Waals surface area contributed by atoms with Gasteiger partial charge in [0.1, 0.15) is 29.1 Å². The zero-order valence-electron chi connectivity index (χ0n) is 17.6. The molecule has 4 rings (SSSR count). The molecule has 170 valence electrons. The molecule has 33 heavy (non-hydrogen) atoms. The molecule has 1 fully saturated rings. The third-order valence-corrected chi connectivity index (χ3v) is 5.47. The van der Waals surface area contributed by atoms with Gasteiger partial charge in [0.15, 0.2) is 11.6 Å². The van der Waals surface area contributed by atoms with Crippen LogP contribution in [0.5, 0.6) is 5.75 Å². The third kappa shape index (κ3) is 3.98. The summed E-state index contributed by atoms with van der Waals surface area (Å²) in [5.41, 5.74) is -0.163. The molecule has 3 aromatic rings. The average molecular weight is 474 g/mol. The number of carbonyl (C=O) groups excluding carboxylic acids is 2. The summed E-state index contributed by atoms with van der Waals surface area (Å²) >= 11 is 6.12. The van der Waals surface area contributed by atoms with Crippen molar-refractivity contribution in [2.45, 2.75) is 19.9 Å². The number of furan rings is 1. The van der Waals surface area contributed by atoms with E-state index >= 15 is 0 Å². The number of anilines is 1. The first-order valence-electron chi connectivity index (χ1n) is 9.98. The Labute approximate surface area is 192 Å². The van der Waals surface area contributed by atoms with Gasteiger partial charge in [0.25, 0.3) is 11.7 Å². The van der Waals surface area contributed by atoms with Gasteiger partial charge in [-0.05, 0) is 56.3 Å². The number of ether oxygens (including phenoxy) is 1. The van der Waals surface area contributed by atoms with Crippen molar-refractivity contribution < 1.29 is 32.6 Å². The SMILES string of the molecule is CCOc1cc(/C(O)=C2/C(=O)C(=O)N(c3ccc(F)c(F)c3)C2c2ccc(C)o2)ccc1Cl. The summed E-state index contributed by atoms with van der Waals surface area (Å²) in [6.07, 6.45) is 0. The molecule has 0 aliphatic carbocycles. The molecule has 6 nitrogen and oxygen atoms in total. The number of hydrogen-bond donors (Lipinski definition) is 1. The van der Waals surface area contributed by atoms with Crippen molar-refractivity contribution in [3.63, 3.8) is 0 Å². The molecule has 1 aliphatic heterocycles. The van der Waals surface area contributed by atoms with E-state index in [0.29, 0.717) is 17.4 Å². The van der Waals surface area contributed by atoms with E-state index in [-0.39, 0.29) is 28.3 Å². The maximum atomic E-state index is 14.0. The minimum absolute atomic E-state index is 0.0692. The lowest BCUT2D eigenvalue weighted by Gasteiger charge is -2.23. The number of halogens is 3. The number of Topliss-reactive ketones (excluding diaryl/α,β-unsaturated/α-hetero) is 1. The molecule has 0 bridgehead atoms. The lowest BCUT2D eigenvalue weighted by Crippen LogP contribution is -2.29. The highest BCUT2D eigenvalue weighted by Crippen LogP contribution is 2.43. The molecule has 2 heterocycles. The zero-order valence-corrected chi connectivity index (χ0v) is 18.3. The van der Waals surface area contributed by atoms with Gasteiger partial charge >= 0.3 is 0 Å². The van der Waals surface area contributed by atoms with Gasteiger partial charge in [0, 0.05) is 17.3 Å². The second-order valence-electron chi connectivity index (χ2n) is 7.29. The lowest BCUT2D eigenvalue weighted by atomic mass is 9.99. The molecule has 1 amide bonds. The van der Waals surface area contributed by atoms with E-state index in [1.165, 1.54) is 24.3 Å².